The molecule has 0 fully saturated rings. The third kappa shape index (κ3) is 4.31. The highest BCUT2D eigenvalue weighted by Gasteiger charge is 2.21. The standard InChI is InChI=1S/C22H23NO/c24-22(20-14-8-3-9-15-20)21(19-12-6-2-7-13-19)23-17-16-18-10-4-1-5-11-18/h1-15,21-24H,16-17H2/t21-,22+/m0/s1. The molecule has 0 bridgehead atoms. The van der Waals surface area contributed by atoms with Crippen molar-refractivity contribution in [3.63, 3.8) is 0 Å². The molecule has 2 N–H and O–H groups in total. The summed E-state index contributed by atoms with van der Waals surface area (Å²) in [6.07, 6.45) is 0.357. The van der Waals surface area contributed by atoms with Gasteiger partial charge in [0.1, 0.15) is 0 Å². The van der Waals surface area contributed by atoms with Gasteiger partial charge in [-0.1, -0.05) is 91.0 Å². The first kappa shape index (κ1) is 16.4. The third-order valence-corrected chi connectivity index (χ3v) is 4.24. The average Bonchev–Trinajstić information content (AvgIpc) is 2.67. The van der Waals surface area contributed by atoms with Crippen LogP contribution in [0.3, 0.4) is 0 Å². The zero-order valence-electron chi connectivity index (χ0n) is 13.7. The van der Waals surface area contributed by atoms with Gasteiger partial charge in [0.15, 0.2) is 0 Å². The summed E-state index contributed by atoms with van der Waals surface area (Å²) in [5.74, 6) is 0. The number of hydrogen-bond donors (Lipinski definition) is 2. The molecule has 2 heteroatoms. The Hall–Kier alpha value is -2.42. The van der Waals surface area contributed by atoms with Crippen LogP contribution in [-0.2, 0) is 6.42 Å². The van der Waals surface area contributed by atoms with Gasteiger partial charge >= 0.3 is 0 Å². The van der Waals surface area contributed by atoms with Gasteiger partial charge in [-0.3, -0.25) is 0 Å². The van der Waals surface area contributed by atoms with E-state index < -0.39 is 6.10 Å². The lowest BCUT2D eigenvalue weighted by Gasteiger charge is -2.25. The number of nitrogens with one attached hydrogen (secondary N) is 1. The highest BCUT2D eigenvalue weighted by atomic mass is 16.3. The molecule has 0 aromatic heterocycles. The quantitative estimate of drug-likeness (QED) is 0.681. The van der Waals surface area contributed by atoms with E-state index in [2.05, 4.69) is 41.7 Å². The van der Waals surface area contributed by atoms with Gasteiger partial charge in [-0.05, 0) is 29.7 Å². The van der Waals surface area contributed by atoms with Gasteiger partial charge in [-0.2, -0.15) is 0 Å². The summed E-state index contributed by atoms with van der Waals surface area (Å²) < 4.78 is 0. The number of aliphatic hydroxyl groups excluding tert-OH is 1. The van der Waals surface area contributed by atoms with E-state index in [1.807, 2.05) is 54.6 Å². The van der Waals surface area contributed by atoms with Gasteiger partial charge in [-0.25, -0.2) is 0 Å². The topological polar surface area (TPSA) is 32.3 Å². The Morgan fingerprint density at radius 2 is 1.17 bits per heavy atom. The van der Waals surface area contributed by atoms with Crippen LogP contribution in [-0.4, -0.2) is 11.7 Å². The normalized spacial score (nSPS) is 13.4. The monoisotopic (exact) mass is 317 g/mol. The Labute approximate surface area is 143 Å². The number of aliphatic hydroxyl groups is 1. The molecule has 3 rings (SSSR count). The molecule has 2 nitrogen and oxygen atoms in total. The van der Waals surface area contributed by atoms with Crippen LogP contribution in [0.1, 0.15) is 28.8 Å². The van der Waals surface area contributed by atoms with Crippen molar-refractivity contribution in [3.05, 3.63) is 108 Å². The largest absolute Gasteiger partial charge is 0.386 e. The lowest BCUT2D eigenvalue weighted by atomic mass is 9.95. The lowest BCUT2D eigenvalue weighted by molar-refractivity contribution is 0.129. The second-order valence-corrected chi connectivity index (χ2v) is 5.93. The van der Waals surface area contributed by atoms with E-state index in [4.69, 9.17) is 0 Å². The second-order valence-electron chi connectivity index (χ2n) is 5.93. The molecule has 0 aliphatic carbocycles. The third-order valence-electron chi connectivity index (χ3n) is 4.24. The van der Waals surface area contributed by atoms with E-state index in [0.29, 0.717) is 0 Å². The lowest BCUT2D eigenvalue weighted by Crippen LogP contribution is -2.29. The van der Waals surface area contributed by atoms with Gasteiger partial charge < -0.3 is 10.4 Å². The molecule has 0 unspecified atom stereocenters. The summed E-state index contributed by atoms with van der Waals surface area (Å²) in [6.45, 7) is 0.813. The van der Waals surface area contributed by atoms with E-state index in [-0.39, 0.29) is 6.04 Å². The molecule has 0 radical (unpaired) electrons. The average molecular weight is 317 g/mol. The van der Waals surface area contributed by atoms with Gasteiger partial charge in [0.25, 0.3) is 0 Å². The molecular weight excluding hydrogens is 294 g/mol. The smallest absolute Gasteiger partial charge is 0.0984 e. The van der Waals surface area contributed by atoms with E-state index in [0.717, 1.165) is 24.1 Å². The van der Waals surface area contributed by atoms with Crippen LogP contribution in [0.5, 0.6) is 0 Å². The first-order chi connectivity index (χ1) is 11.8. The van der Waals surface area contributed by atoms with Crippen LogP contribution >= 0.6 is 0 Å². The van der Waals surface area contributed by atoms with Crippen LogP contribution < -0.4 is 5.32 Å². The molecule has 0 saturated carbocycles. The molecule has 0 aliphatic heterocycles. The summed E-state index contributed by atoms with van der Waals surface area (Å²) in [4.78, 5) is 0. The Morgan fingerprint density at radius 1 is 0.667 bits per heavy atom. The van der Waals surface area contributed by atoms with Crippen molar-refractivity contribution < 1.29 is 5.11 Å². The molecule has 0 saturated heterocycles. The van der Waals surface area contributed by atoms with Crippen molar-refractivity contribution in [3.8, 4) is 0 Å². The zero-order chi connectivity index (χ0) is 16.6. The molecule has 0 aliphatic rings. The fraction of sp³-hybridized carbons (Fsp3) is 0.182. The maximum absolute atomic E-state index is 10.9. The Kier molecular flexibility index (Phi) is 5.78. The van der Waals surface area contributed by atoms with Gasteiger partial charge in [0.05, 0.1) is 12.1 Å². The van der Waals surface area contributed by atoms with E-state index in [1.54, 1.807) is 0 Å². The first-order valence-electron chi connectivity index (χ1n) is 8.40. The SMILES string of the molecule is O[C@H](c1ccccc1)[C@@H](NCCc1ccccc1)c1ccccc1. The van der Waals surface area contributed by atoms with Crippen molar-refractivity contribution >= 4 is 0 Å². The first-order valence-corrected chi connectivity index (χ1v) is 8.40. The fourth-order valence-electron chi connectivity index (χ4n) is 2.93. The summed E-state index contributed by atoms with van der Waals surface area (Å²) >= 11 is 0. The van der Waals surface area contributed by atoms with Crippen LogP contribution in [0.2, 0.25) is 0 Å². The van der Waals surface area contributed by atoms with Crippen molar-refractivity contribution in [1.29, 1.82) is 0 Å². The summed E-state index contributed by atoms with van der Waals surface area (Å²) in [6, 6.07) is 30.3. The van der Waals surface area contributed by atoms with Crippen LogP contribution in [0.4, 0.5) is 0 Å². The van der Waals surface area contributed by atoms with E-state index >= 15 is 0 Å². The maximum Gasteiger partial charge on any atom is 0.0984 e. The minimum atomic E-state index is -0.579. The highest BCUT2D eigenvalue weighted by molar-refractivity contribution is 5.26. The van der Waals surface area contributed by atoms with Crippen molar-refractivity contribution in [2.45, 2.75) is 18.6 Å². The predicted octanol–water partition coefficient (Wildman–Crippen LogP) is 4.29. The van der Waals surface area contributed by atoms with Crippen molar-refractivity contribution in [2.24, 2.45) is 0 Å². The Balaban J connectivity index is 1.73. The van der Waals surface area contributed by atoms with Gasteiger partial charge in [0, 0.05) is 0 Å². The molecule has 0 amide bonds. The minimum absolute atomic E-state index is 0.127. The summed E-state index contributed by atoms with van der Waals surface area (Å²) in [7, 11) is 0. The molecule has 3 aromatic carbocycles. The van der Waals surface area contributed by atoms with Crippen molar-refractivity contribution in [1.82, 2.24) is 5.32 Å². The number of benzene rings is 3. The van der Waals surface area contributed by atoms with Crippen LogP contribution in [0.25, 0.3) is 0 Å². The van der Waals surface area contributed by atoms with Crippen LogP contribution in [0.15, 0.2) is 91.0 Å². The van der Waals surface area contributed by atoms with E-state index in [1.165, 1.54) is 5.56 Å². The Bertz CT molecular complexity index is 713. The molecule has 0 spiro atoms. The van der Waals surface area contributed by atoms with E-state index in [9.17, 15) is 5.11 Å². The zero-order valence-corrected chi connectivity index (χ0v) is 13.7. The molecule has 122 valence electrons. The maximum atomic E-state index is 10.9. The molecule has 2 atom stereocenters. The number of hydrogen-bond acceptors (Lipinski definition) is 2. The molecule has 3 aromatic rings. The second kappa shape index (κ2) is 8.44. The minimum Gasteiger partial charge on any atom is -0.386 e. The van der Waals surface area contributed by atoms with Gasteiger partial charge in [-0.15, -0.1) is 0 Å². The van der Waals surface area contributed by atoms with Crippen LogP contribution in [0, 0.1) is 0 Å². The highest BCUT2D eigenvalue weighted by Crippen LogP contribution is 2.28. The number of rotatable bonds is 7. The Morgan fingerprint density at radius 3 is 1.75 bits per heavy atom. The molecular formula is C22H23NO. The summed E-state index contributed by atoms with van der Waals surface area (Å²) in [5.41, 5.74) is 3.33. The van der Waals surface area contributed by atoms with Gasteiger partial charge in [0.2, 0.25) is 0 Å². The summed E-state index contributed by atoms with van der Waals surface area (Å²) in [5, 5.41) is 14.4. The molecule has 0 heterocycles. The van der Waals surface area contributed by atoms with Crippen molar-refractivity contribution in [2.75, 3.05) is 6.54 Å². The molecule has 24 heavy (non-hydrogen) atoms. The fourth-order valence-corrected chi connectivity index (χ4v) is 2.93. The predicted molar refractivity (Wildman–Crippen MR) is 98.7 cm³/mol.